The zero-order chi connectivity index (χ0) is 32.8. The van der Waals surface area contributed by atoms with Crippen LogP contribution in [0.5, 0.6) is 0 Å². The minimum atomic E-state index is -10.1. The number of benzene rings is 1. The van der Waals surface area contributed by atoms with E-state index in [-0.39, 0.29) is 43.5 Å². The van der Waals surface area contributed by atoms with Gasteiger partial charge in [-0.1, -0.05) is 19.4 Å². The highest BCUT2D eigenvalue weighted by atomic mass is 32.5. The monoisotopic (exact) mass is 655 g/mol. The van der Waals surface area contributed by atoms with Gasteiger partial charge < -0.3 is 10.1 Å². The third-order valence-corrected chi connectivity index (χ3v) is 9.08. The zero-order valence-corrected chi connectivity index (χ0v) is 24.3. The molecule has 0 spiro atoms. The van der Waals surface area contributed by atoms with Gasteiger partial charge in [-0.2, -0.15) is 5.26 Å². The summed E-state index contributed by atoms with van der Waals surface area (Å²) in [5.74, 6) is -5.95. The number of nitrogens with one attached hydrogen (secondary N) is 1. The molecule has 4 rings (SSSR count). The van der Waals surface area contributed by atoms with Crippen molar-refractivity contribution in [3.05, 3.63) is 54.1 Å². The van der Waals surface area contributed by atoms with Crippen LogP contribution in [0.1, 0.15) is 50.6 Å². The van der Waals surface area contributed by atoms with E-state index in [0.29, 0.717) is 17.0 Å². The van der Waals surface area contributed by atoms with E-state index in [1.54, 1.807) is 0 Å². The summed E-state index contributed by atoms with van der Waals surface area (Å²) in [6.07, 6.45) is 1.50. The van der Waals surface area contributed by atoms with Crippen molar-refractivity contribution >= 4 is 27.7 Å². The predicted molar refractivity (Wildman–Crippen MR) is 144 cm³/mol. The largest absolute Gasteiger partial charge is 0.379 e. The number of nitrogens with zero attached hydrogens (tertiary/aromatic N) is 4. The molecule has 17 heteroatoms. The molecule has 242 valence electrons. The first kappa shape index (κ1) is 33.2. The summed E-state index contributed by atoms with van der Waals surface area (Å²) in [5, 5.41) is 12.4. The Balaban J connectivity index is 1.87. The van der Waals surface area contributed by atoms with Gasteiger partial charge in [-0.3, -0.25) is 24.4 Å². The van der Waals surface area contributed by atoms with Crippen molar-refractivity contribution in [3.63, 3.8) is 0 Å². The molecule has 2 heterocycles. The molecule has 2 amide bonds. The standard InChI is InChI=1S/C27H29F8N5O3S/c1-26(12-21(43-2)15-39(26)16-36)25(42)40(20-3-5-22(6-4-20)44(31,32,33,34)35)23(17-11-18(28)14-37-13-17)24(41)38-19-7-9-27(29,30)10-8-19/h3-6,11,13-14,19,21,23H,7-10,12,15H2,1-2H3,(H,38,41). The first-order valence-electron chi connectivity index (χ1n) is 13.3. The maximum absolute atomic E-state index is 14.4. The Morgan fingerprint density at radius 3 is 2.27 bits per heavy atom. The number of hydrogen-bond donors (Lipinski definition) is 1. The first-order valence-corrected chi connectivity index (χ1v) is 15.3. The molecule has 44 heavy (non-hydrogen) atoms. The van der Waals surface area contributed by atoms with E-state index >= 15 is 0 Å². The Morgan fingerprint density at radius 1 is 1.14 bits per heavy atom. The predicted octanol–water partition coefficient (Wildman–Crippen LogP) is 6.61. The molecule has 1 aliphatic carbocycles. The van der Waals surface area contributed by atoms with Crippen molar-refractivity contribution < 1.29 is 46.9 Å². The fraction of sp³-hybridized carbons (Fsp3) is 0.481. The van der Waals surface area contributed by atoms with Crippen LogP contribution in [-0.2, 0) is 14.3 Å². The number of pyridine rings is 1. The Bertz CT molecular complexity index is 1460. The van der Waals surface area contributed by atoms with Crippen LogP contribution in [0.3, 0.4) is 0 Å². The molecule has 3 unspecified atom stereocenters. The van der Waals surface area contributed by atoms with Crippen LogP contribution in [-0.4, -0.2) is 59.0 Å². The average Bonchev–Trinajstić information content (AvgIpc) is 3.28. The van der Waals surface area contributed by atoms with Crippen molar-refractivity contribution in [2.24, 2.45) is 0 Å². The van der Waals surface area contributed by atoms with Gasteiger partial charge in [0.05, 0.1) is 18.8 Å². The molecular weight excluding hydrogens is 626 g/mol. The number of ether oxygens (including phenoxy) is 1. The highest BCUT2D eigenvalue weighted by Gasteiger charge is 2.65. The molecule has 1 N–H and O–H groups in total. The van der Waals surface area contributed by atoms with Gasteiger partial charge in [0.15, 0.2) is 6.19 Å². The van der Waals surface area contributed by atoms with Gasteiger partial charge in [0.1, 0.15) is 22.3 Å². The number of carbonyl (C=O) groups excluding carboxylic acids is 2. The van der Waals surface area contributed by atoms with Crippen molar-refractivity contribution in [1.82, 2.24) is 15.2 Å². The highest BCUT2D eigenvalue weighted by Crippen LogP contribution is 3.02. The second-order valence-electron chi connectivity index (χ2n) is 11.2. The van der Waals surface area contributed by atoms with Gasteiger partial charge in [0.2, 0.25) is 11.8 Å². The first-order chi connectivity index (χ1) is 20.2. The molecule has 1 aromatic carbocycles. The van der Waals surface area contributed by atoms with Crippen LogP contribution in [0.2, 0.25) is 0 Å². The van der Waals surface area contributed by atoms with Crippen LogP contribution in [0.25, 0.3) is 0 Å². The highest BCUT2D eigenvalue weighted by molar-refractivity contribution is 8.45. The third kappa shape index (κ3) is 7.01. The smallest absolute Gasteiger partial charge is 0.310 e. The number of carbonyl (C=O) groups is 2. The Labute approximate surface area is 247 Å². The molecule has 2 fully saturated rings. The van der Waals surface area contributed by atoms with Gasteiger partial charge in [0, 0.05) is 49.9 Å². The molecule has 2 aromatic rings. The van der Waals surface area contributed by atoms with E-state index in [4.69, 9.17) is 4.74 Å². The topological polar surface area (TPSA) is 98.6 Å². The summed E-state index contributed by atoms with van der Waals surface area (Å²) < 4.78 is 115. The van der Waals surface area contributed by atoms with Gasteiger partial charge >= 0.3 is 10.2 Å². The lowest BCUT2D eigenvalue weighted by atomic mass is 9.91. The fourth-order valence-electron chi connectivity index (χ4n) is 5.50. The minimum Gasteiger partial charge on any atom is -0.379 e. The summed E-state index contributed by atoms with van der Waals surface area (Å²) in [7, 11) is -8.82. The molecule has 0 bridgehead atoms. The summed E-state index contributed by atoms with van der Waals surface area (Å²) in [4.78, 5) is 31.5. The SMILES string of the molecule is COC1CN(C#N)C(C)(C(=O)N(c2ccc(S(F)(F)(F)(F)F)cc2)C(C(=O)NC2CCC(F)(F)CC2)c2cncc(F)c2)C1. The number of likely N-dealkylation sites (tertiary alicyclic amines) is 1. The van der Waals surface area contributed by atoms with Crippen LogP contribution >= 0.6 is 10.2 Å². The lowest BCUT2D eigenvalue weighted by Crippen LogP contribution is -2.57. The Morgan fingerprint density at radius 2 is 1.75 bits per heavy atom. The Kier molecular flexibility index (Phi) is 8.13. The number of aromatic nitrogens is 1. The molecule has 1 aliphatic heterocycles. The number of anilines is 1. The van der Waals surface area contributed by atoms with E-state index in [1.165, 1.54) is 14.0 Å². The van der Waals surface area contributed by atoms with Crippen molar-refractivity contribution in [3.8, 4) is 6.19 Å². The van der Waals surface area contributed by atoms with E-state index in [2.05, 4.69) is 10.3 Å². The summed E-state index contributed by atoms with van der Waals surface area (Å²) in [6.45, 7) is 1.26. The second kappa shape index (κ2) is 10.8. The average molecular weight is 656 g/mol. The quantitative estimate of drug-likeness (QED) is 0.254. The Hall–Kier alpha value is -3.65. The van der Waals surface area contributed by atoms with E-state index in [0.717, 1.165) is 23.4 Å². The maximum atomic E-state index is 14.4. The number of alkyl halides is 2. The summed E-state index contributed by atoms with van der Waals surface area (Å²) in [5.41, 5.74) is -2.50. The zero-order valence-electron chi connectivity index (χ0n) is 23.5. The second-order valence-corrected chi connectivity index (χ2v) is 13.6. The lowest BCUT2D eigenvalue weighted by molar-refractivity contribution is -0.131. The molecule has 3 atom stereocenters. The lowest BCUT2D eigenvalue weighted by Gasteiger charge is -2.41. The van der Waals surface area contributed by atoms with E-state index in [1.807, 2.05) is 6.19 Å². The van der Waals surface area contributed by atoms with Crippen LogP contribution in [0, 0.1) is 17.3 Å². The van der Waals surface area contributed by atoms with Gasteiger partial charge in [-0.15, -0.1) is 0 Å². The minimum absolute atomic E-state index is 0.0518. The number of amides is 2. The van der Waals surface area contributed by atoms with Crippen molar-refractivity contribution in [1.29, 1.82) is 5.26 Å². The van der Waals surface area contributed by atoms with E-state index < -0.39 is 80.9 Å². The summed E-state index contributed by atoms with van der Waals surface area (Å²) in [6, 6.07) is -0.615. The summed E-state index contributed by atoms with van der Waals surface area (Å²) >= 11 is 0. The fourth-order valence-corrected chi connectivity index (χ4v) is 6.15. The van der Waals surface area contributed by atoms with Crippen molar-refractivity contribution in [2.75, 3.05) is 18.6 Å². The number of halogens is 8. The van der Waals surface area contributed by atoms with Crippen LogP contribution < -0.4 is 10.2 Å². The van der Waals surface area contributed by atoms with E-state index in [9.17, 15) is 47.5 Å². The molecule has 2 aliphatic rings. The van der Waals surface area contributed by atoms with Gasteiger partial charge in [-0.05, 0) is 50.1 Å². The number of rotatable bonds is 8. The number of hydrogen-bond acceptors (Lipinski definition) is 6. The molecular formula is C27H29F8N5O3S. The van der Waals surface area contributed by atoms with Crippen molar-refractivity contribution in [2.45, 2.75) is 73.6 Å². The molecule has 1 saturated carbocycles. The molecule has 8 nitrogen and oxygen atoms in total. The molecule has 1 aromatic heterocycles. The third-order valence-electron chi connectivity index (χ3n) is 7.91. The van der Waals surface area contributed by atoms with Crippen LogP contribution in [0.4, 0.5) is 38.3 Å². The maximum Gasteiger partial charge on any atom is 0.310 e. The van der Waals surface area contributed by atoms with Crippen LogP contribution in [0.15, 0.2) is 47.6 Å². The molecule has 0 radical (unpaired) electrons. The van der Waals surface area contributed by atoms with Gasteiger partial charge in [0.25, 0.3) is 5.91 Å². The van der Waals surface area contributed by atoms with Gasteiger partial charge in [-0.25, -0.2) is 13.2 Å². The normalized spacial score (nSPS) is 24.5. The number of nitriles is 1. The number of methoxy groups -OCH3 is 1. The molecule has 1 saturated heterocycles.